The van der Waals surface area contributed by atoms with E-state index in [9.17, 15) is 10.1 Å². The Balaban J connectivity index is 1.39. The van der Waals surface area contributed by atoms with Crippen molar-refractivity contribution < 1.29 is 9.66 Å². The number of aromatic nitrogens is 4. The Hall–Kier alpha value is -3.53. The lowest BCUT2D eigenvalue weighted by molar-refractivity contribution is -0.384. The molecule has 0 spiro atoms. The van der Waals surface area contributed by atoms with E-state index in [2.05, 4.69) is 37.5 Å². The normalized spacial score (nSPS) is 18.2. The summed E-state index contributed by atoms with van der Waals surface area (Å²) in [4.78, 5) is 15.3. The fourth-order valence-electron chi connectivity index (χ4n) is 5.12. The van der Waals surface area contributed by atoms with Gasteiger partial charge in [-0.25, -0.2) is 4.68 Å². The van der Waals surface area contributed by atoms with Gasteiger partial charge < -0.3 is 9.64 Å². The molecule has 2 fully saturated rings. The number of nitro groups is 1. The quantitative estimate of drug-likeness (QED) is 0.387. The predicted octanol–water partition coefficient (Wildman–Crippen LogP) is 3.62. The van der Waals surface area contributed by atoms with Gasteiger partial charge in [-0.05, 0) is 53.1 Å². The SMILES string of the molecule is COc1ccc(C(c2nnnn2C2CCCC2)N2CCN(c3ccc([N+](=O)[O-])cc3)CC2)cc1. The summed E-state index contributed by atoms with van der Waals surface area (Å²) in [6.45, 7) is 3.28. The number of non-ortho nitro benzene ring substituents is 1. The van der Waals surface area contributed by atoms with Crippen molar-refractivity contribution in [1.29, 1.82) is 0 Å². The molecule has 34 heavy (non-hydrogen) atoms. The molecular formula is C24H29N7O3. The number of ether oxygens (including phenoxy) is 1. The highest BCUT2D eigenvalue weighted by atomic mass is 16.6. The van der Waals surface area contributed by atoms with E-state index in [1.807, 2.05) is 28.9 Å². The van der Waals surface area contributed by atoms with Gasteiger partial charge >= 0.3 is 0 Å². The van der Waals surface area contributed by atoms with Crippen LogP contribution < -0.4 is 9.64 Å². The topological polar surface area (TPSA) is 102 Å². The maximum Gasteiger partial charge on any atom is 0.269 e. The molecule has 1 unspecified atom stereocenters. The van der Waals surface area contributed by atoms with E-state index in [1.54, 1.807) is 19.2 Å². The number of piperazine rings is 1. The van der Waals surface area contributed by atoms with Crippen molar-refractivity contribution in [2.24, 2.45) is 0 Å². The lowest BCUT2D eigenvalue weighted by Crippen LogP contribution is -2.48. The van der Waals surface area contributed by atoms with Crippen LogP contribution in [0.2, 0.25) is 0 Å². The van der Waals surface area contributed by atoms with Crippen molar-refractivity contribution in [2.75, 3.05) is 38.2 Å². The van der Waals surface area contributed by atoms with Crippen LogP contribution in [0.5, 0.6) is 5.75 Å². The molecule has 5 rings (SSSR count). The Kier molecular flexibility index (Phi) is 6.39. The summed E-state index contributed by atoms with van der Waals surface area (Å²) in [6, 6.07) is 15.3. The summed E-state index contributed by atoms with van der Waals surface area (Å²) in [5.74, 6) is 1.71. The minimum absolute atomic E-state index is 0.0551. The van der Waals surface area contributed by atoms with E-state index in [4.69, 9.17) is 4.74 Å². The van der Waals surface area contributed by atoms with Crippen LogP contribution in [0.4, 0.5) is 11.4 Å². The van der Waals surface area contributed by atoms with E-state index in [0.29, 0.717) is 6.04 Å². The lowest BCUT2D eigenvalue weighted by Gasteiger charge is -2.40. The van der Waals surface area contributed by atoms with Crippen LogP contribution in [0.15, 0.2) is 48.5 Å². The minimum Gasteiger partial charge on any atom is -0.497 e. The molecule has 10 nitrogen and oxygen atoms in total. The van der Waals surface area contributed by atoms with Gasteiger partial charge in [-0.15, -0.1) is 5.10 Å². The Bertz CT molecular complexity index is 1100. The second-order valence-electron chi connectivity index (χ2n) is 8.89. The minimum atomic E-state index is -0.365. The van der Waals surface area contributed by atoms with Crippen molar-refractivity contribution in [3.63, 3.8) is 0 Å². The van der Waals surface area contributed by atoms with Crippen molar-refractivity contribution in [1.82, 2.24) is 25.1 Å². The monoisotopic (exact) mass is 463 g/mol. The maximum absolute atomic E-state index is 11.0. The Morgan fingerprint density at radius 3 is 2.29 bits per heavy atom. The summed E-state index contributed by atoms with van der Waals surface area (Å²) in [5, 5.41) is 24.0. The van der Waals surface area contributed by atoms with Crippen molar-refractivity contribution in [3.8, 4) is 5.75 Å². The Labute approximate surface area is 198 Å². The average Bonchev–Trinajstić information content (AvgIpc) is 3.58. The number of hydrogen-bond acceptors (Lipinski definition) is 8. The highest BCUT2D eigenvalue weighted by molar-refractivity contribution is 5.51. The number of anilines is 1. The molecular weight excluding hydrogens is 434 g/mol. The molecule has 178 valence electrons. The highest BCUT2D eigenvalue weighted by Gasteiger charge is 2.33. The fourth-order valence-corrected chi connectivity index (χ4v) is 5.12. The lowest BCUT2D eigenvalue weighted by atomic mass is 10.0. The average molecular weight is 464 g/mol. The Morgan fingerprint density at radius 2 is 1.68 bits per heavy atom. The fraction of sp³-hybridized carbons (Fsp3) is 0.458. The first kappa shape index (κ1) is 22.3. The Morgan fingerprint density at radius 1 is 1.00 bits per heavy atom. The molecule has 0 N–H and O–H groups in total. The first-order valence-electron chi connectivity index (χ1n) is 11.8. The first-order chi connectivity index (χ1) is 16.6. The van der Waals surface area contributed by atoms with E-state index < -0.39 is 0 Å². The van der Waals surface area contributed by atoms with Gasteiger partial charge in [0, 0.05) is 44.0 Å². The summed E-state index contributed by atoms with van der Waals surface area (Å²) in [5.41, 5.74) is 2.25. The summed E-state index contributed by atoms with van der Waals surface area (Å²) in [7, 11) is 1.67. The van der Waals surface area contributed by atoms with Gasteiger partial charge in [-0.1, -0.05) is 25.0 Å². The first-order valence-corrected chi connectivity index (χ1v) is 11.8. The van der Waals surface area contributed by atoms with Crippen LogP contribution in [0.25, 0.3) is 0 Å². The van der Waals surface area contributed by atoms with E-state index in [1.165, 1.54) is 12.8 Å². The van der Waals surface area contributed by atoms with E-state index >= 15 is 0 Å². The van der Waals surface area contributed by atoms with Crippen LogP contribution in [0, 0.1) is 10.1 Å². The van der Waals surface area contributed by atoms with Gasteiger partial charge in [-0.3, -0.25) is 15.0 Å². The molecule has 1 saturated carbocycles. The number of methoxy groups -OCH3 is 1. The number of hydrogen-bond donors (Lipinski definition) is 0. The molecule has 1 aliphatic heterocycles. The molecule has 1 saturated heterocycles. The zero-order valence-corrected chi connectivity index (χ0v) is 19.3. The second kappa shape index (κ2) is 9.76. The summed E-state index contributed by atoms with van der Waals surface area (Å²) < 4.78 is 7.41. The van der Waals surface area contributed by atoms with Crippen LogP contribution in [0.3, 0.4) is 0 Å². The third kappa shape index (κ3) is 4.45. The van der Waals surface area contributed by atoms with Gasteiger partial charge in [-0.2, -0.15) is 0 Å². The van der Waals surface area contributed by atoms with Gasteiger partial charge in [0.1, 0.15) is 5.75 Å². The third-order valence-corrected chi connectivity index (χ3v) is 6.97. The number of tetrazole rings is 1. The molecule has 1 atom stereocenters. The van der Waals surface area contributed by atoms with Crippen LogP contribution in [-0.2, 0) is 0 Å². The molecule has 0 amide bonds. The third-order valence-electron chi connectivity index (χ3n) is 6.97. The molecule has 1 aliphatic carbocycles. The van der Waals surface area contributed by atoms with Crippen molar-refractivity contribution in [2.45, 2.75) is 37.8 Å². The van der Waals surface area contributed by atoms with Crippen LogP contribution >= 0.6 is 0 Å². The van der Waals surface area contributed by atoms with E-state index in [0.717, 1.165) is 61.8 Å². The van der Waals surface area contributed by atoms with Crippen molar-refractivity contribution in [3.05, 3.63) is 70.0 Å². The molecule has 0 radical (unpaired) electrons. The van der Waals surface area contributed by atoms with Gasteiger partial charge in [0.05, 0.1) is 24.1 Å². The maximum atomic E-state index is 11.0. The molecule has 2 aliphatic rings. The number of nitro benzene ring substituents is 1. The molecule has 1 aromatic heterocycles. The molecule has 0 bridgehead atoms. The van der Waals surface area contributed by atoms with Gasteiger partial charge in [0.25, 0.3) is 5.69 Å². The van der Waals surface area contributed by atoms with Crippen LogP contribution in [-0.4, -0.2) is 63.3 Å². The predicted molar refractivity (Wildman–Crippen MR) is 127 cm³/mol. The van der Waals surface area contributed by atoms with Crippen molar-refractivity contribution >= 4 is 11.4 Å². The zero-order chi connectivity index (χ0) is 23.5. The van der Waals surface area contributed by atoms with Gasteiger partial charge in [0.2, 0.25) is 0 Å². The standard InChI is InChI=1S/C24H29N7O3/c1-34-22-12-6-18(7-13-22)23(24-25-26-27-30(24)20-4-2-3-5-20)29-16-14-28(15-17-29)19-8-10-21(11-9-19)31(32)33/h6-13,20,23H,2-5,14-17H2,1H3. The highest BCUT2D eigenvalue weighted by Crippen LogP contribution is 2.35. The van der Waals surface area contributed by atoms with Gasteiger partial charge in [0.15, 0.2) is 5.82 Å². The smallest absolute Gasteiger partial charge is 0.269 e. The number of nitrogens with zero attached hydrogens (tertiary/aromatic N) is 7. The molecule has 10 heteroatoms. The second-order valence-corrected chi connectivity index (χ2v) is 8.89. The zero-order valence-electron chi connectivity index (χ0n) is 19.3. The molecule has 3 aromatic rings. The number of rotatable bonds is 7. The summed E-state index contributed by atoms with van der Waals surface area (Å²) >= 11 is 0. The largest absolute Gasteiger partial charge is 0.497 e. The summed E-state index contributed by atoms with van der Waals surface area (Å²) in [6.07, 6.45) is 4.65. The number of benzene rings is 2. The van der Waals surface area contributed by atoms with Crippen LogP contribution in [0.1, 0.15) is 49.2 Å². The molecule has 2 heterocycles. The molecule has 2 aromatic carbocycles. The van der Waals surface area contributed by atoms with E-state index in [-0.39, 0.29) is 16.7 Å².